The fraction of sp³-hybridized carbons (Fsp3) is 0.450. The average Bonchev–Trinajstić information content (AvgIpc) is 3.32. The molecule has 2 fully saturated rings. The molecule has 0 bridgehead atoms. The van der Waals surface area contributed by atoms with Crippen LogP contribution < -0.4 is 5.32 Å². The summed E-state index contributed by atoms with van der Waals surface area (Å²) in [6, 6.07) is 8.17. The molecule has 2 heterocycles. The van der Waals surface area contributed by atoms with Crippen molar-refractivity contribution >= 4 is 12.0 Å². The van der Waals surface area contributed by atoms with E-state index < -0.39 is 0 Å². The SMILES string of the molecule is Cc1ccccc1-c1nc(CC(=O)NCC2CN(C3CC3)C(=O)O2)c(C)o1. The third-order valence-corrected chi connectivity index (χ3v) is 5.01. The van der Waals surface area contributed by atoms with Crippen LogP contribution in [0, 0.1) is 13.8 Å². The molecule has 0 spiro atoms. The highest BCUT2D eigenvalue weighted by Crippen LogP contribution is 2.30. The molecular weight excluding hydrogens is 346 g/mol. The summed E-state index contributed by atoms with van der Waals surface area (Å²) in [4.78, 5) is 30.3. The minimum atomic E-state index is -0.289. The van der Waals surface area contributed by atoms with Crippen LogP contribution in [-0.2, 0) is 16.0 Å². The van der Waals surface area contributed by atoms with Crippen molar-refractivity contribution in [1.29, 1.82) is 0 Å². The lowest BCUT2D eigenvalue weighted by Crippen LogP contribution is -2.35. The van der Waals surface area contributed by atoms with E-state index in [0.717, 1.165) is 24.0 Å². The van der Waals surface area contributed by atoms with E-state index in [2.05, 4.69) is 10.3 Å². The normalized spacial score (nSPS) is 19.3. The first-order chi connectivity index (χ1) is 13.0. The molecule has 1 aliphatic carbocycles. The first-order valence-corrected chi connectivity index (χ1v) is 9.27. The first-order valence-electron chi connectivity index (χ1n) is 9.27. The molecule has 1 N–H and O–H groups in total. The van der Waals surface area contributed by atoms with Crippen molar-refractivity contribution in [2.24, 2.45) is 0 Å². The number of cyclic esters (lactones) is 1. The summed E-state index contributed by atoms with van der Waals surface area (Å²) in [5, 5.41) is 2.84. The molecule has 2 amide bonds. The Balaban J connectivity index is 1.33. The third-order valence-electron chi connectivity index (χ3n) is 5.01. The molecule has 1 saturated carbocycles. The highest BCUT2D eigenvalue weighted by molar-refractivity contribution is 5.78. The van der Waals surface area contributed by atoms with Crippen LogP contribution in [0.2, 0.25) is 0 Å². The highest BCUT2D eigenvalue weighted by Gasteiger charge is 2.40. The van der Waals surface area contributed by atoms with Gasteiger partial charge in [0, 0.05) is 11.6 Å². The van der Waals surface area contributed by atoms with Gasteiger partial charge in [-0.25, -0.2) is 9.78 Å². The number of benzene rings is 1. The molecule has 1 aliphatic heterocycles. The molecular formula is C20H23N3O4. The maximum absolute atomic E-state index is 12.3. The van der Waals surface area contributed by atoms with Crippen LogP contribution in [0.15, 0.2) is 28.7 Å². The Morgan fingerprint density at radius 1 is 1.30 bits per heavy atom. The second kappa shape index (κ2) is 7.06. The summed E-state index contributed by atoms with van der Waals surface area (Å²) in [7, 11) is 0. The van der Waals surface area contributed by atoms with Crippen molar-refractivity contribution in [1.82, 2.24) is 15.2 Å². The molecule has 1 aromatic carbocycles. The number of amides is 2. The van der Waals surface area contributed by atoms with Gasteiger partial charge in [-0.3, -0.25) is 4.79 Å². The zero-order valence-electron chi connectivity index (χ0n) is 15.5. The van der Waals surface area contributed by atoms with Gasteiger partial charge in [-0.15, -0.1) is 0 Å². The lowest BCUT2D eigenvalue weighted by atomic mass is 10.1. The first kappa shape index (κ1) is 17.6. The number of carbonyl (C=O) groups excluding carboxylic acids is 2. The Hall–Kier alpha value is -2.83. The summed E-state index contributed by atoms with van der Waals surface area (Å²) in [6.45, 7) is 4.66. The predicted molar refractivity (Wildman–Crippen MR) is 98.1 cm³/mol. The van der Waals surface area contributed by atoms with Gasteiger partial charge < -0.3 is 19.4 Å². The number of ether oxygens (including phenoxy) is 1. The maximum Gasteiger partial charge on any atom is 0.410 e. The third kappa shape index (κ3) is 3.82. The second-order valence-corrected chi connectivity index (χ2v) is 7.21. The summed E-state index contributed by atoms with van der Waals surface area (Å²) < 4.78 is 11.1. The molecule has 1 aromatic heterocycles. The van der Waals surface area contributed by atoms with Gasteiger partial charge in [0.2, 0.25) is 11.8 Å². The Morgan fingerprint density at radius 3 is 2.81 bits per heavy atom. The molecule has 2 aromatic rings. The minimum absolute atomic E-state index is 0.133. The number of hydrogen-bond donors (Lipinski definition) is 1. The van der Waals surface area contributed by atoms with E-state index in [-0.39, 0.29) is 24.5 Å². The Labute approximate surface area is 157 Å². The monoisotopic (exact) mass is 369 g/mol. The summed E-state index contributed by atoms with van der Waals surface area (Å²) >= 11 is 0. The largest absolute Gasteiger partial charge is 0.442 e. The number of carbonyl (C=O) groups is 2. The van der Waals surface area contributed by atoms with Crippen LogP contribution in [0.1, 0.15) is 29.9 Å². The van der Waals surface area contributed by atoms with Crippen LogP contribution in [-0.4, -0.2) is 47.1 Å². The van der Waals surface area contributed by atoms with E-state index in [1.165, 1.54) is 0 Å². The van der Waals surface area contributed by atoms with Crippen LogP contribution in [0.5, 0.6) is 0 Å². The number of aryl methyl sites for hydroxylation is 2. The van der Waals surface area contributed by atoms with E-state index in [0.29, 0.717) is 36.5 Å². The van der Waals surface area contributed by atoms with Gasteiger partial charge in [0.1, 0.15) is 11.9 Å². The maximum atomic E-state index is 12.3. The van der Waals surface area contributed by atoms with Crippen LogP contribution in [0.3, 0.4) is 0 Å². The van der Waals surface area contributed by atoms with Crippen molar-refractivity contribution < 1.29 is 18.7 Å². The molecule has 4 rings (SSSR count). The average molecular weight is 369 g/mol. The predicted octanol–water partition coefficient (Wildman–Crippen LogP) is 2.60. The van der Waals surface area contributed by atoms with Crippen LogP contribution >= 0.6 is 0 Å². The number of nitrogens with zero attached hydrogens (tertiary/aromatic N) is 2. The van der Waals surface area contributed by atoms with Crippen molar-refractivity contribution in [3.63, 3.8) is 0 Å². The molecule has 1 unspecified atom stereocenters. The summed E-state index contributed by atoms with van der Waals surface area (Å²) in [5.74, 6) is 0.998. The van der Waals surface area contributed by atoms with Crippen LogP contribution in [0.25, 0.3) is 11.5 Å². The van der Waals surface area contributed by atoms with Gasteiger partial charge >= 0.3 is 6.09 Å². The fourth-order valence-corrected chi connectivity index (χ4v) is 3.29. The Morgan fingerprint density at radius 2 is 2.07 bits per heavy atom. The Kier molecular flexibility index (Phi) is 4.59. The van der Waals surface area contributed by atoms with E-state index in [1.54, 1.807) is 4.90 Å². The lowest BCUT2D eigenvalue weighted by molar-refractivity contribution is -0.120. The Bertz CT molecular complexity index is 872. The number of rotatable bonds is 6. The van der Waals surface area contributed by atoms with Gasteiger partial charge in [-0.2, -0.15) is 0 Å². The molecule has 7 nitrogen and oxygen atoms in total. The van der Waals surface area contributed by atoms with Crippen molar-refractivity contribution in [3.8, 4) is 11.5 Å². The van der Waals surface area contributed by atoms with E-state index in [9.17, 15) is 9.59 Å². The van der Waals surface area contributed by atoms with Gasteiger partial charge in [0.15, 0.2) is 0 Å². The van der Waals surface area contributed by atoms with Gasteiger partial charge in [-0.05, 0) is 38.3 Å². The minimum Gasteiger partial charge on any atom is -0.442 e. The molecule has 1 saturated heterocycles. The number of oxazole rings is 1. The zero-order valence-corrected chi connectivity index (χ0v) is 15.5. The number of hydrogen-bond acceptors (Lipinski definition) is 5. The lowest BCUT2D eigenvalue weighted by Gasteiger charge is -2.11. The highest BCUT2D eigenvalue weighted by atomic mass is 16.6. The van der Waals surface area contributed by atoms with Crippen molar-refractivity contribution in [3.05, 3.63) is 41.3 Å². The summed E-state index contributed by atoms with van der Waals surface area (Å²) in [5.41, 5.74) is 2.61. The van der Waals surface area contributed by atoms with E-state index in [4.69, 9.17) is 9.15 Å². The number of nitrogens with one attached hydrogen (secondary N) is 1. The topological polar surface area (TPSA) is 84.7 Å². The standard InChI is InChI=1S/C20H23N3O4/c1-12-5-3-4-6-16(12)19-22-17(13(2)26-19)9-18(24)21-10-15-11-23(14-7-8-14)20(25)27-15/h3-6,14-15H,7-11H2,1-2H3,(H,21,24). The van der Waals surface area contributed by atoms with Gasteiger partial charge in [0.25, 0.3) is 0 Å². The molecule has 142 valence electrons. The van der Waals surface area contributed by atoms with Gasteiger partial charge in [0.05, 0.1) is 25.2 Å². The van der Waals surface area contributed by atoms with Crippen LogP contribution in [0.4, 0.5) is 4.79 Å². The van der Waals surface area contributed by atoms with Gasteiger partial charge in [-0.1, -0.05) is 18.2 Å². The van der Waals surface area contributed by atoms with Crippen molar-refractivity contribution in [2.45, 2.75) is 45.3 Å². The molecule has 1 atom stereocenters. The van der Waals surface area contributed by atoms with E-state index in [1.807, 2.05) is 38.1 Å². The quantitative estimate of drug-likeness (QED) is 0.846. The zero-order chi connectivity index (χ0) is 19.0. The smallest absolute Gasteiger partial charge is 0.410 e. The van der Waals surface area contributed by atoms with E-state index >= 15 is 0 Å². The molecule has 27 heavy (non-hydrogen) atoms. The van der Waals surface area contributed by atoms with Crippen molar-refractivity contribution in [2.75, 3.05) is 13.1 Å². The molecule has 0 radical (unpaired) electrons. The summed E-state index contributed by atoms with van der Waals surface area (Å²) in [6.07, 6.45) is 1.66. The molecule has 2 aliphatic rings. The number of aromatic nitrogens is 1. The molecule has 7 heteroatoms. The second-order valence-electron chi connectivity index (χ2n) is 7.21. The fourth-order valence-electron chi connectivity index (χ4n) is 3.29.